The number of hydrogen-bond acceptors (Lipinski definition) is 2. The van der Waals surface area contributed by atoms with Crippen LogP contribution in [0.2, 0.25) is 0 Å². The largest absolute Gasteiger partial charge is 0.466 e. The molecule has 0 amide bonds. The van der Waals surface area contributed by atoms with E-state index in [1.54, 1.807) is 0 Å². The second-order valence-corrected chi connectivity index (χ2v) is 9.29. The Kier molecular flexibility index (Phi) is 19.8. The molecule has 27 heavy (non-hydrogen) atoms. The molecule has 0 fully saturated rings. The molecule has 0 aromatic carbocycles. The topological polar surface area (TPSA) is 26.3 Å². The lowest BCUT2D eigenvalue weighted by Gasteiger charge is -2.06. The van der Waals surface area contributed by atoms with Crippen molar-refractivity contribution in [1.82, 2.24) is 0 Å². The van der Waals surface area contributed by atoms with Crippen LogP contribution < -0.4 is 0 Å². The van der Waals surface area contributed by atoms with E-state index in [1.807, 2.05) is 0 Å². The summed E-state index contributed by atoms with van der Waals surface area (Å²) in [6.07, 6.45) is 21.7. The zero-order valence-electron chi connectivity index (χ0n) is 19.2. The van der Waals surface area contributed by atoms with Crippen LogP contribution in [-0.2, 0) is 9.53 Å². The third kappa shape index (κ3) is 23.4. The van der Waals surface area contributed by atoms with E-state index in [1.165, 1.54) is 83.5 Å². The summed E-state index contributed by atoms with van der Waals surface area (Å²) in [5.41, 5.74) is 0. The minimum absolute atomic E-state index is 0.00274. The molecule has 0 N–H and O–H groups in total. The van der Waals surface area contributed by atoms with Crippen molar-refractivity contribution >= 4 is 5.97 Å². The third-order valence-corrected chi connectivity index (χ3v) is 5.35. The van der Waals surface area contributed by atoms with Crippen LogP contribution in [-0.4, -0.2) is 12.6 Å². The summed E-state index contributed by atoms with van der Waals surface area (Å²) in [5.74, 6) is 1.57. The maximum absolute atomic E-state index is 11.6. The summed E-state index contributed by atoms with van der Waals surface area (Å²) in [7, 11) is 0. The van der Waals surface area contributed by atoms with E-state index in [0.29, 0.717) is 18.9 Å². The zero-order valence-corrected chi connectivity index (χ0v) is 19.2. The second-order valence-electron chi connectivity index (χ2n) is 9.29. The highest BCUT2D eigenvalue weighted by molar-refractivity contribution is 5.69. The highest BCUT2D eigenvalue weighted by Crippen LogP contribution is 2.14. The molecule has 2 nitrogen and oxygen atoms in total. The van der Waals surface area contributed by atoms with Crippen molar-refractivity contribution in [3.8, 4) is 0 Å². The first-order chi connectivity index (χ1) is 13.0. The molecule has 0 aliphatic heterocycles. The van der Waals surface area contributed by atoms with Crippen LogP contribution in [0.15, 0.2) is 0 Å². The van der Waals surface area contributed by atoms with Gasteiger partial charge in [-0.3, -0.25) is 4.79 Å². The molecule has 0 saturated carbocycles. The van der Waals surface area contributed by atoms with Gasteiger partial charge in [-0.15, -0.1) is 0 Å². The number of hydrogen-bond donors (Lipinski definition) is 0. The van der Waals surface area contributed by atoms with E-state index in [4.69, 9.17) is 4.74 Å². The van der Waals surface area contributed by atoms with Crippen LogP contribution in [0.5, 0.6) is 0 Å². The first-order valence-electron chi connectivity index (χ1n) is 12.2. The van der Waals surface area contributed by atoms with Gasteiger partial charge in [-0.2, -0.15) is 0 Å². The van der Waals surface area contributed by atoms with Gasteiger partial charge in [0.15, 0.2) is 0 Å². The van der Waals surface area contributed by atoms with Gasteiger partial charge in [0.05, 0.1) is 6.61 Å². The molecule has 0 aliphatic carbocycles. The van der Waals surface area contributed by atoms with Gasteiger partial charge in [-0.1, -0.05) is 111 Å². The van der Waals surface area contributed by atoms with Crippen molar-refractivity contribution in [3.63, 3.8) is 0 Å². The maximum atomic E-state index is 11.6. The quantitative estimate of drug-likeness (QED) is 0.156. The summed E-state index contributed by atoms with van der Waals surface area (Å²) in [4.78, 5) is 11.6. The fraction of sp³-hybridized carbons (Fsp3) is 0.960. The van der Waals surface area contributed by atoms with Gasteiger partial charge < -0.3 is 4.74 Å². The second kappa shape index (κ2) is 20.2. The van der Waals surface area contributed by atoms with Crippen molar-refractivity contribution in [2.24, 2.45) is 11.8 Å². The van der Waals surface area contributed by atoms with Crippen molar-refractivity contribution in [2.75, 3.05) is 6.61 Å². The number of ether oxygens (including phenoxy) is 1. The Balaban J connectivity index is 3.13. The van der Waals surface area contributed by atoms with Crippen LogP contribution in [0.1, 0.15) is 137 Å². The molecule has 0 saturated heterocycles. The van der Waals surface area contributed by atoms with Gasteiger partial charge in [0.25, 0.3) is 0 Å². The number of unbranched alkanes of at least 4 members (excludes halogenated alkanes) is 12. The standard InChI is InChI=1S/C25H50O2/c1-23(2)19-16-14-12-10-8-6-5-7-9-11-13-15-17-21-25(26)27-22-18-20-24(3)4/h23-24H,5-22H2,1-4H3. The molecule has 0 aromatic rings. The van der Waals surface area contributed by atoms with Crippen molar-refractivity contribution < 1.29 is 9.53 Å². The Morgan fingerprint density at radius 2 is 0.926 bits per heavy atom. The zero-order chi connectivity index (χ0) is 20.2. The molecule has 0 rings (SSSR count). The third-order valence-electron chi connectivity index (χ3n) is 5.35. The Labute approximate surface area is 171 Å². The minimum Gasteiger partial charge on any atom is -0.466 e. The number of esters is 1. The summed E-state index contributed by atoms with van der Waals surface area (Å²) in [6, 6.07) is 0. The molecule has 0 radical (unpaired) electrons. The van der Waals surface area contributed by atoms with Crippen molar-refractivity contribution in [3.05, 3.63) is 0 Å². The molecule has 0 heterocycles. The molecule has 0 bridgehead atoms. The van der Waals surface area contributed by atoms with Crippen LogP contribution in [0, 0.1) is 11.8 Å². The average Bonchev–Trinajstić information content (AvgIpc) is 2.61. The van der Waals surface area contributed by atoms with E-state index in [9.17, 15) is 4.79 Å². The van der Waals surface area contributed by atoms with Gasteiger partial charge >= 0.3 is 5.97 Å². The predicted octanol–water partition coefficient (Wildman–Crippen LogP) is 8.47. The van der Waals surface area contributed by atoms with Gasteiger partial charge in [-0.05, 0) is 31.1 Å². The highest BCUT2D eigenvalue weighted by atomic mass is 16.5. The van der Waals surface area contributed by atoms with E-state index < -0.39 is 0 Å². The van der Waals surface area contributed by atoms with E-state index >= 15 is 0 Å². The molecule has 0 aliphatic rings. The van der Waals surface area contributed by atoms with Gasteiger partial charge in [-0.25, -0.2) is 0 Å². The first-order valence-corrected chi connectivity index (χ1v) is 12.2. The predicted molar refractivity (Wildman–Crippen MR) is 119 cm³/mol. The SMILES string of the molecule is CC(C)CCCCCCCCCCCCCCCC(=O)OCCCC(C)C. The summed E-state index contributed by atoms with van der Waals surface area (Å²) in [5, 5.41) is 0. The normalized spacial score (nSPS) is 11.5. The number of carbonyl (C=O) groups is 1. The van der Waals surface area contributed by atoms with Gasteiger partial charge in [0, 0.05) is 6.42 Å². The van der Waals surface area contributed by atoms with Crippen LogP contribution >= 0.6 is 0 Å². The Bertz CT molecular complexity index is 309. The van der Waals surface area contributed by atoms with E-state index in [2.05, 4.69) is 27.7 Å². The summed E-state index contributed by atoms with van der Waals surface area (Å²) < 4.78 is 5.28. The molecular formula is C25H50O2. The maximum Gasteiger partial charge on any atom is 0.305 e. The van der Waals surface area contributed by atoms with Crippen LogP contribution in [0.3, 0.4) is 0 Å². The lowest BCUT2D eigenvalue weighted by atomic mass is 10.0. The molecular weight excluding hydrogens is 332 g/mol. The first kappa shape index (κ1) is 26.5. The lowest BCUT2D eigenvalue weighted by molar-refractivity contribution is -0.143. The molecule has 0 spiro atoms. The Morgan fingerprint density at radius 3 is 1.37 bits per heavy atom. The minimum atomic E-state index is 0.00274. The fourth-order valence-electron chi connectivity index (χ4n) is 3.52. The smallest absolute Gasteiger partial charge is 0.305 e. The number of rotatable bonds is 20. The van der Waals surface area contributed by atoms with Crippen molar-refractivity contribution in [1.29, 1.82) is 0 Å². The van der Waals surface area contributed by atoms with Crippen LogP contribution in [0.4, 0.5) is 0 Å². The average molecular weight is 383 g/mol. The fourth-order valence-corrected chi connectivity index (χ4v) is 3.52. The highest BCUT2D eigenvalue weighted by Gasteiger charge is 2.03. The van der Waals surface area contributed by atoms with Crippen molar-refractivity contribution in [2.45, 2.75) is 137 Å². The monoisotopic (exact) mass is 382 g/mol. The van der Waals surface area contributed by atoms with Gasteiger partial charge in [0.2, 0.25) is 0 Å². The van der Waals surface area contributed by atoms with E-state index in [0.717, 1.165) is 25.2 Å². The Morgan fingerprint density at radius 1 is 0.556 bits per heavy atom. The van der Waals surface area contributed by atoms with E-state index in [-0.39, 0.29) is 5.97 Å². The summed E-state index contributed by atoms with van der Waals surface area (Å²) in [6.45, 7) is 9.66. The molecule has 0 atom stereocenters. The van der Waals surface area contributed by atoms with Gasteiger partial charge in [0.1, 0.15) is 0 Å². The molecule has 0 aromatic heterocycles. The Hall–Kier alpha value is -0.530. The molecule has 0 unspecified atom stereocenters. The molecule has 162 valence electrons. The number of carbonyl (C=O) groups excluding carboxylic acids is 1. The van der Waals surface area contributed by atoms with Crippen LogP contribution in [0.25, 0.3) is 0 Å². The summed E-state index contributed by atoms with van der Waals surface area (Å²) >= 11 is 0. The molecule has 2 heteroatoms. The lowest BCUT2D eigenvalue weighted by Crippen LogP contribution is -2.06.